The molecule has 2 N–H and O–H groups in total. The van der Waals surface area contributed by atoms with Crippen LogP contribution in [0, 0.1) is 5.82 Å². The van der Waals surface area contributed by atoms with E-state index in [0.717, 1.165) is 16.5 Å². The Bertz CT molecular complexity index is 433. The van der Waals surface area contributed by atoms with Crippen LogP contribution in [0.5, 0.6) is 0 Å². The summed E-state index contributed by atoms with van der Waals surface area (Å²) in [6.07, 6.45) is 1.17. The molecule has 1 unspecified atom stereocenters. The largest absolute Gasteiger partial charge is 0.389 e. The molecule has 68 valence electrons. The van der Waals surface area contributed by atoms with Crippen molar-refractivity contribution in [1.29, 1.82) is 0 Å². The molecule has 0 amide bonds. The fraction of sp³-hybridized carbons (Fsp3) is 0.200. The summed E-state index contributed by atoms with van der Waals surface area (Å²) in [5.41, 5.74) is 1.52. The van der Waals surface area contributed by atoms with Gasteiger partial charge in [-0.1, -0.05) is 0 Å². The summed E-state index contributed by atoms with van der Waals surface area (Å²) in [4.78, 5) is 2.91. The molecule has 1 aromatic heterocycles. The molecular formula is C10H10FNO. The first-order valence-electron chi connectivity index (χ1n) is 4.13. The van der Waals surface area contributed by atoms with Gasteiger partial charge in [0.1, 0.15) is 5.82 Å². The Hall–Kier alpha value is -1.35. The molecule has 0 fully saturated rings. The van der Waals surface area contributed by atoms with Gasteiger partial charge in [-0.25, -0.2) is 4.39 Å². The van der Waals surface area contributed by atoms with Crippen molar-refractivity contribution in [1.82, 2.24) is 4.98 Å². The molecule has 2 aromatic rings. The van der Waals surface area contributed by atoms with Crippen molar-refractivity contribution in [2.75, 3.05) is 0 Å². The molecule has 13 heavy (non-hydrogen) atoms. The number of benzene rings is 1. The van der Waals surface area contributed by atoms with E-state index in [1.54, 1.807) is 19.2 Å². The van der Waals surface area contributed by atoms with Crippen molar-refractivity contribution < 1.29 is 9.50 Å². The predicted octanol–water partition coefficient (Wildman–Crippen LogP) is 2.36. The molecule has 0 saturated heterocycles. The Labute approximate surface area is 75.0 Å². The highest BCUT2D eigenvalue weighted by molar-refractivity contribution is 5.83. The van der Waals surface area contributed by atoms with Crippen LogP contribution in [-0.2, 0) is 0 Å². The van der Waals surface area contributed by atoms with Crippen LogP contribution in [0.25, 0.3) is 10.9 Å². The quantitative estimate of drug-likeness (QED) is 0.692. The number of aliphatic hydroxyl groups excluding tert-OH is 1. The normalized spacial score (nSPS) is 13.5. The second-order valence-corrected chi connectivity index (χ2v) is 3.11. The van der Waals surface area contributed by atoms with E-state index >= 15 is 0 Å². The van der Waals surface area contributed by atoms with Gasteiger partial charge < -0.3 is 10.1 Å². The number of rotatable bonds is 1. The van der Waals surface area contributed by atoms with Gasteiger partial charge in [0.05, 0.1) is 6.10 Å². The summed E-state index contributed by atoms with van der Waals surface area (Å²) in [5.74, 6) is -0.272. The smallest absolute Gasteiger partial charge is 0.125 e. The number of aromatic nitrogens is 1. The second-order valence-electron chi connectivity index (χ2n) is 3.11. The third-order valence-corrected chi connectivity index (χ3v) is 2.13. The van der Waals surface area contributed by atoms with Crippen molar-refractivity contribution in [2.24, 2.45) is 0 Å². The van der Waals surface area contributed by atoms with Gasteiger partial charge >= 0.3 is 0 Å². The molecule has 0 aliphatic carbocycles. The molecule has 0 aliphatic rings. The lowest BCUT2D eigenvalue weighted by atomic mass is 10.1. The van der Waals surface area contributed by atoms with Crippen LogP contribution < -0.4 is 0 Å². The predicted molar refractivity (Wildman–Crippen MR) is 48.9 cm³/mol. The lowest BCUT2D eigenvalue weighted by molar-refractivity contribution is 0.201. The number of aliphatic hydroxyl groups is 1. The SMILES string of the molecule is CC(O)c1c[nH]c2cc(F)ccc12. The Morgan fingerprint density at radius 1 is 1.46 bits per heavy atom. The summed E-state index contributed by atoms with van der Waals surface area (Å²) in [6.45, 7) is 1.69. The summed E-state index contributed by atoms with van der Waals surface area (Å²) >= 11 is 0. The minimum Gasteiger partial charge on any atom is -0.389 e. The number of aromatic amines is 1. The molecule has 1 atom stereocenters. The average molecular weight is 179 g/mol. The number of halogens is 1. The summed E-state index contributed by atoms with van der Waals surface area (Å²) < 4.78 is 12.8. The molecular weight excluding hydrogens is 169 g/mol. The molecule has 0 radical (unpaired) electrons. The van der Waals surface area contributed by atoms with Gasteiger partial charge in [0.25, 0.3) is 0 Å². The molecule has 0 saturated carbocycles. The number of H-pyrrole nitrogens is 1. The number of hydrogen-bond acceptors (Lipinski definition) is 1. The Balaban J connectivity index is 2.69. The lowest BCUT2D eigenvalue weighted by Crippen LogP contribution is -1.87. The maximum absolute atomic E-state index is 12.8. The first kappa shape index (κ1) is 8.26. The first-order chi connectivity index (χ1) is 6.18. The topological polar surface area (TPSA) is 36.0 Å². The Morgan fingerprint density at radius 3 is 2.92 bits per heavy atom. The van der Waals surface area contributed by atoms with Crippen LogP contribution in [0.4, 0.5) is 4.39 Å². The molecule has 0 bridgehead atoms. The van der Waals surface area contributed by atoms with E-state index in [4.69, 9.17) is 0 Å². The third kappa shape index (κ3) is 1.31. The van der Waals surface area contributed by atoms with Crippen LogP contribution in [0.15, 0.2) is 24.4 Å². The van der Waals surface area contributed by atoms with Crippen LogP contribution in [0.2, 0.25) is 0 Å². The summed E-state index contributed by atoms with van der Waals surface area (Å²) in [5, 5.41) is 10.2. The maximum atomic E-state index is 12.8. The van der Waals surface area contributed by atoms with Crippen molar-refractivity contribution in [3.63, 3.8) is 0 Å². The summed E-state index contributed by atoms with van der Waals surface area (Å²) in [7, 11) is 0. The molecule has 0 aliphatic heterocycles. The average Bonchev–Trinajstić information content (AvgIpc) is 2.46. The zero-order valence-electron chi connectivity index (χ0n) is 7.21. The van der Waals surface area contributed by atoms with E-state index in [1.807, 2.05) is 0 Å². The summed E-state index contributed by atoms with van der Waals surface area (Å²) in [6, 6.07) is 4.48. The molecule has 1 aromatic carbocycles. The van der Waals surface area contributed by atoms with E-state index in [-0.39, 0.29) is 5.82 Å². The van der Waals surface area contributed by atoms with Crippen LogP contribution in [-0.4, -0.2) is 10.1 Å². The minimum absolute atomic E-state index is 0.272. The van der Waals surface area contributed by atoms with Gasteiger partial charge in [0.2, 0.25) is 0 Å². The number of nitrogens with one attached hydrogen (secondary N) is 1. The van der Waals surface area contributed by atoms with E-state index in [2.05, 4.69) is 4.98 Å². The van der Waals surface area contributed by atoms with Crippen LogP contribution >= 0.6 is 0 Å². The molecule has 2 rings (SSSR count). The fourth-order valence-corrected chi connectivity index (χ4v) is 1.47. The van der Waals surface area contributed by atoms with Crippen LogP contribution in [0.3, 0.4) is 0 Å². The Morgan fingerprint density at radius 2 is 2.23 bits per heavy atom. The number of fused-ring (bicyclic) bond motifs is 1. The van der Waals surface area contributed by atoms with Gasteiger partial charge in [0, 0.05) is 22.7 Å². The lowest BCUT2D eigenvalue weighted by Gasteiger charge is -2.00. The zero-order chi connectivity index (χ0) is 9.42. The van der Waals surface area contributed by atoms with Crippen molar-refractivity contribution in [2.45, 2.75) is 13.0 Å². The van der Waals surface area contributed by atoms with E-state index in [1.165, 1.54) is 12.1 Å². The van der Waals surface area contributed by atoms with Crippen molar-refractivity contribution in [3.05, 3.63) is 35.8 Å². The highest BCUT2D eigenvalue weighted by Crippen LogP contribution is 2.24. The van der Waals surface area contributed by atoms with Crippen molar-refractivity contribution >= 4 is 10.9 Å². The van der Waals surface area contributed by atoms with E-state index in [9.17, 15) is 9.50 Å². The molecule has 2 nitrogen and oxygen atoms in total. The van der Waals surface area contributed by atoms with E-state index < -0.39 is 6.10 Å². The third-order valence-electron chi connectivity index (χ3n) is 2.13. The highest BCUT2D eigenvalue weighted by Gasteiger charge is 2.08. The first-order valence-corrected chi connectivity index (χ1v) is 4.13. The van der Waals surface area contributed by atoms with Crippen LogP contribution in [0.1, 0.15) is 18.6 Å². The molecule has 0 spiro atoms. The Kier molecular flexibility index (Phi) is 1.81. The zero-order valence-corrected chi connectivity index (χ0v) is 7.21. The highest BCUT2D eigenvalue weighted by atomic mass is 19.1. The molecule has 1 heterocycles. The fourth-order valence-electron chi connectivity index (χ4n) is 1.47. The van der Waals surface area contributed by atoms with Gasteiger partial charge in [-0.3, -0.25) is 0 Å². The van der Waals surface area contributed by atoms with E-state index in [0.29, 0.717) is 0 Å². The standard InChI is InChI=1S/C10H10FNO/c1-6(13)9-5-12-10-4-7(11)2-3-8(9)10/h2-6,12-13H,1H3. The monoisotopic (exact) mass is 179 g/mol. The van der Waals surface area contributed by atoms with Gasteiger partial charge in [-0.2, -0.15) is 0 Å². The van der Waals surface area contributed by atoms with Crippen molar-refractivity contribution in [3.8, 4) is 0 Å². The maximum Gasteiger partial charge on any atom is 0.125 e. The van der Waals surface area contributed by atoms with Gasteiger partial charge in [0.15, 0.2) is 0 Å². The minimum atomic E-state index is -0.529. The van der Waals surface area contributed by atoms with Gasteiger partial charge in [-0.15, -0.1) is 0 Å². The molecule has 3 heteroatoms. The second kappa shape index (κ2) is 2.85. The van der Waals surface area contributed by atoms with Gasteiger partial charge in [-0.05, 0) is 25.1 Å². The number of hydrogen-bond donors (Lipinski definition) is 2.